The second-order valence-corrected chi connectivity index (χ2v) is 11.6. The van der Waals surface area contributed by atoms with Gasteiger partial charge in [-0.3, -0.25) is 4.68 Å². The lowest BCUT2D eigenvalue weighted by atomic mass is 10.0. The summed E-state index contributed by atoms with van der Waals surface area (Å²) in [6, 6.07) is 13.9. The van der Waals surface area contributed by atoms with Crippen LogP contribution in [0.3, 0.4) is 0 Å². The molecule has 0 radical (unpaired) electrons. The average Bonchev–Trinajstić information content (AvgIpc) is 3.49. The van der Waals surface area contributed by atoms with Gasteiger partial charge in [0.2, 0.25) is 0 Å². The summed E-state index contributed by atoms with van der Waals surface area (Å²) in [5, 5.41) is 8.08. The van der Waals surface area contributed by atoms with E-state index in [1.54, 1.807) is 54.5 Å². The number of carbonyl (C=O) groups excluding carboxylic acids is 1. The molecule has 5 rings (SSSR count). The molecule has 0 saturated carbocycles. The van der Waals surface area contributed by atoms with Gasteiger partial charge in [0.1, 0.15) is 5.60 Å². The third-order valence-electron chi connectivity index (χ3n) is 6.12. The molecule has 1 amide bonds. The van der Waals surface area contributed by atoms with Crippen LogP contribution < -0.4 is 5.32 Å². The van der Waals surface area contributed by atoms with Gasteiger partial charge in [0.25, 0.3) is 10.0 Å². The maximum Gasteiger partial charge on any atom is 0.408 e. The number of benzene rings is 2. The zero-order valence-electron chi connectivity index (χ0n) is 20.1. The number of amides is 1. The minimum absolute atomic E-state index is 0.194. The Morgan fingerprint density at radius 3 is 2.54 bits per heavy atom. The van der Waals surface area contributed by atoms with E-state index in [0.717, 1.165) is 22.9 Å². The molecular formula is C26H28N4O4S. The van der Waals surface area contributed by atoms with Gasteiger partial charge in [-0.1, -0.05) is 24.3 Å². The molecule has 4 aromatic rings. The van der Waals surface area contributed by atoms with Gasteiger partial charge in [-0.15, -0.1) is 0 Å². The summed E-state index contributed by atoms with van der Waals surface area (Å²) in [5.74, 6) is 0. The van der Waals surface area contributed by atoms with E-state index in [2.05, 4.69) is 10.4 Å². The van der Waals surface area contributed by atoms with Crippen molar-refractivity contribution < 1.29 is 17.9 Å². The molecule has 35 heavy (non-hydrogen) atoms. The first-order chi connectivity index (χ1) is 16.5. The van der Waals surface area contributed by atoms with Crippen molar-refractivity contribution in [1.29, 1.82) is 0 Å². The molecule has 2 aromatic heterocycles. The van der Waals surface area contributed by atoms with Crippen molar-refractivity contribution in [3.05, 3.63) is 72.1 Å². The highest BCUT2D eigenvalue weighted by molar-refractivity contribution is 7.90. The predicted molar refractivity (Wildman–Crippen MR) is 134 cm³/mol. The predicted octanol–water partition coefficient (Wildman–Crippen LogP) is 4.79. The summed E-state index contributed by atoms with van der Waals surface area (Å²) in [7, 11) is -2.07. The zero-order chi connectivity index (χ0) is 25.0. The van der Waals surface area contributed by atoms with Gasteiger partial charge < -0.3 is 10.1 Å². The Kier molecular flexibility index (Phi) is 5.47. The number of rotatable bonds is 4. The van der Waals surface area contributed by atoms with E-state index in [0.29, 0.717) is 23.2 Å². The Balaban J connectivity index is 1.65. The highest BCUT2D eigenvalue weighted by atomic mass is 32.2. The van der Waals surface area contributed by atoms with Crippen LogP contribution in [0.5, 0.6) is 0 Å². The van der Waals surface area contributed by atoms with Gasteiger partial charge in [-0.05, 0) is 69.0 Å². The van der Waals surface area contributed by atoms with Gasteiger partial charge in [-0.2, -0.15) is 5.10 Å². The van der Waals surface area contributed by atoms with Crippen LogP contribution in [-0.2, 0) is 28.2 Å². The van der Waals surface area contributed by atoms with Gasteiger partial charge in [0.05, 0.1) is 28.3 Å². The Hall–Kier alpha value is -3.59. The van der Waals surface area contributed by atoms with Crippen molar-refractivity contribution >= 4 is 27.0 Å². The van der Waals surface area contributed by atoms with Crippen LogP contribution in [0, 0.1) is 0 Å². The van der Waals surface area contributed by atoms with Crippen LogP contribution in [0.15, 0.2) is 65.8 Å². The van der Waals surface area contributed by atoms with Gasteiger partial charge >= 0.3 is 6.09 Å². The van der Waals surface area contributed by atoms with Crippen LogP contribution in [-0.4, -0.2) is 33.9 Å². The molecule has 0 unspecified atom stereocenters. The van der Waals surface area contributed by atoms with E-state index >= 15 is 0 Å². The van der Waals surface area contributed by atoms with E-state index in [-0.39, 0.29) is 10.9 Å². The molecule has 182 valence electrons. The van der Waals surface area contributed by atoms with Crippen molar-refractivity contribution in [2.24, 2.45) is 7.05 Å². The number of ether oxygens (including phenoxy) is 1. The van der Waals surface area contributed by atoms with Crippen LogP contribution in [0.2, 0.25) is 0 Å². The van der Waals surface area contributed by atoms with E-state index in [9.17, 15) is 13.2 Å². The smallest absolute Gasteiger partial charge is 0.408 e. The number of aryl methyl sites for hydroxylation is 2. The van der Waals surface area contributed by atoms with Crippen LogP contribution in [0.4, 0.5) is 4.79 Å². The topological polar surface area (TPSA) is 95.2 Å². The molecule has 0 aliphatic heterocycles. The largest absolute Gasteiger partial charge is 0.444 e. The Morgan fingerprint density at radius 2 is 1.89 bits per heavy atom. The summed E-state index contributed by atoms with van der Waals surface area (Å²) in [6.45, 7) is 5.48. The number of fused-ring (bicyclic) bond motifs is 3. The van der Waals surface area contributed by atoms with Gasteiger partial charge in [0, 0.05) is 24.2 Å². The molecule has 0 spiro atoms. The number of nitrogens with one attached hydrogen (secondary N) is 1. The number of alkyl carbamates (subject to hydrolysis) is 1. The maximum atomic E-state index is 13.8. The van der Waals surface area contributed by atoms with Crippen molar-refractivity contribution in [3.63, 3.8) is 0 Å². The monoisotopic (exact) mass is 492 g/mol. The molecule has 1 aliphatic rings. The van der Waals surface area contributed by atoms with Crippen molar-refractivity contribution in [1.82, 2.24) is 19.1 Å². The quantitative estimate of drug-likeness (QED) is 0.442. The molecule has 1 atom stereocenters. The Morgan fingerprint density at radius 1 is 1.14 bits per heavy atom. The fraction of sp³-hybridized carbons (Fsp3) is 0.308. The number of hydrogen-bond acceptors (Lipinski definition) is 5. The van der Waals surface area contributed by atoms with E-state index in [1.807, 2.05) is 39.0 Å². The first-order valence-electron chi connectivity index (χ1n) is 11.5. The number of aromatic nitrogens is 3. The average molecular weight is 493 g/mol. The summed E-state index contributed by atoms with van der Waals surface area (Å²) in [5.41, 5.74) is 3.29. The molecule has 1 N–H and O–H groups in total. The number of hydrogen-bond donors (Lipinski definition) is 1. The first kappa shape index (κ1) is 23.2. The highest BCUT2D eigenvalue weighted by Crippen LogP contribution is 2.40. The molecule has 0 bridgehead atoms. The SMILES string of the molecule is Cn1cc(-c2cc3c4c(ccc3n2S(=O)(=O)c2ccccc2)[C@H](NC(=O)OC(C)(C)C)CC4)cn1. The van der Waals surface area contributed by atoms with Crippen LogP contribution in [0.25, 0.3) is 22.2 Å². The van der Waals surface area contributed by atoms with Crippen molar-refractivity contribution in [3.8, 4) is 11.3 Å². The molecule has 2 heterocycles. The highest BCUT2D eigenvalue weighted by Gasteiger charge is 2.31. The third-order valence-corrected chi connectivity index (χ3v) is 7.86. The molecule has 0 fully saturated rings. The lowest BCUT2D eigenvalue weighted by molar-refractivity contribution is 0.0503. The summed E-state index contributed by atoms with van der Waals surface area (Å²) in [6.07, 6.45) is 4.44. The van der Waals surface area contributed by atoms with E-state index in [4.69, 9.17) is 4.74 Å². The molecule has 8 nitrogen and oxygen atoms in total. The molecule has 2 aromatic carbocycles. The lowest BCUT2D eigenvalue weighted by Gasteiger charge is -2.22. The second-order valence-electron chi connectivity index (χ2n) is 9.82. The fourth-order valence-corrected chi connectivity index (χ4v) is 6.24. The summed E-state index contributed by atoms with van der Waals surface area (Å²) >= 11 is 0. The Bertz CT molecular complexity index is 1530. The van der Waals surface area contributed by atoms with Crippen molar-refractivity contribution in [2.45, 2.75) is 50.2 Å². The van der Waals surface area contributed by atoms with Gasteiger partial charge in [0.15, 0.2) is 0 Å². The fourth-order valence-electron chi connectivity index (χ4n) is 4.69. The lowest BCUT2D eigenvalue weighted by Crippen LogP contribution is -2.34. The number of nitrogens with zero attached hydrogens (tertiary/aromatic N) is 3. The van der Waals surface area contributed by atoms with Gasteiger partial charge in [-0.25, -0.2) is 17.2 Å². The van der Waals surface area contributed by atoms with Crippen LogP contribution >= 0.6 is 0 Å². The van der Waals surface area contributed by atoms with E-state index < -0.39 is 21.7 Å². The molecule has 0 saturated heterocycles. The first-order valence-corrected chi connectivity index (χ1v) is 12.9. The summed E-state index contributed by atoms with van der Waals surface area (Å²) in [4.78, 5) is 12.6. The van der Waals surface area contributed by atoms with Crippen molar-refractivity contribution in [2.75, 3.05) is 0 Å². The summed E-state index contributed by atoms with van der Waals surface area (Å²) < 4.78 is 36.1. The maximum absolute atomic E-state index is 13.8. The zero-order valence-corrected chi connectivity index (χ0v) is 21.0. The normalized spacial score (nSPS) is 15.8. The Labute approximate surface area is 204 Å². The standard InChI is InChI=1S/C26H28N4O4S/c1-26(2,3)34-25(31)28-22-12-10-19-20(22)11-13-23-21(19)14-24(17-15-27-29(4)16-17)30(23)35(32,33)18-8-6-5-7-9-18/h5-9,11,13-16,22H,10,12H2,1-4H3,(H,28,31)/t22-/m1/s1. The molecule has 9 heteroatoms. The third kappa shape index (κ3) is 4.20. The molecule has 1 aliphatic carbocycles. The van der Waals surface area contributed by atoms with E-state index in [1.165, 1.54) is 3.97 Å². The number of carbonyl (C=O) groups is 1. The molecular weight excluding hydrogens is 464 g/mol. The minimum atomic E-state index is -3.87. The minimum Gasteiger partial charge on any atom is -0.444 e. The second kappa shape index (κ2) is 8.27. The van der Waals surface area contributed by atoms with Crippen LogP contribution in [0.1, 0.15) is 44.4 Å².